The minimum atomic E-state index is -0.0576. The Labute approximate surface area is 144 Å². The molecule has 0 saturated carbocycles. The van der Waals surface area contributed by atoms with Crippen molar-refractivity contribution in [3.8, 4) is 0 Å². The van der Waals surface area contributed by atoms with Crippen LogP contribution in [0.5, 0.6) is 0 Å². The van der Waals surface area contributed by atoms with E-state index in [1.807, 2.05) is 0 Å². The van der Waals surface area contributed by atoms with Gasteiger partial charge in [-0.3, -0.25) is 4.79 Å². The second-order valence-corrected chi connectivity index (χ2v) is 6.43. The number of hydrogen-bond acceptors (Lipinski definition) is 1. The first-order valence-corrected chi connectivity index (χ1v) is 9.86. The Bertz CT molecular complexity index is 296. The summed E-state index contributed by atoms with van der Waals surface area (Å²) in [4.78, 5) is 10.9. The van der Waals surface area contributed by atoms with Crippen molar-refractivity contribution in [2.45, 2.75) is 96.8 Å². The van der Waals surface area contributed by atoms with Gasteiger partial charge in [0.05, 0.1) is 0 Å². The molecule has 0 fully saturated rings. The van der Waals surface area contributed by atoms with Crippen LogP contribution in [0.1, 0.15) is 96.8 Å². The number of allylic oxidation sites excluding steroid dienone is 2. The monoisotopic (exact) mass is 321 g/mol. The van der Waals surface area contributed by atoms with Crippen LogP contribution < -0.4 is 5.32 Å². The smallest absolute Gasteiger partial charge is 0.243 e. The van der Waals surface area contributed by atoms with Gasteiger partial charge in [-0.2, -0.15) is 0 Å². The molecule has 0 heterocycles. The Kier molecular flexibility index (Phi) is 18.1. The van der Waals surface area contributed by atoms with Crippen LogP contribution in [-0.4, -0.2) is 12.5 Å². The molecule has 0 saturated heterocycles. The fourth-order valence-corrected chi connectivity index (χ4v) is 2.66. The second kappa shape index (κ2) is 19.0. The average molecular weight is 322 g/mol. The second-order valence-electron chi connectivity index (χ2n) is 6.43. The molecular weight excluding hydrogens is 282 g/mol. The number of nitrogens with one attached hydrogen (secondary N) is 1. The molecule has 1 amide bonds. The lowest BCUT2D eigenvalue weighted by atomic mass is 10.1. The molecule has 0 aliphatic rings. The molecule has 134 valence electrons. The third-order valence-electron chi connectivity index (χ3n) is 4.17. The summed E-state index contributed by atoms with van der Waals surface area (Å²) in [5.41, 5.74) is 0. The SMILES string of the molecule is C=CC(=O)NCCCCCCCC/C=C/CCCCCCCC. The van der Waals surface area contributed by atoms with Crippen molar-refractivity contribution in [3.05, 3.63) is 24.8 Å². The topological polar surface area (TPSA) is 29.1 Å². The predicted octanol–water partition coefficient (Wildman–Crippen LogP) is 6.33. The van der Waals surface area contributed by atoms with E-state index in [0.717, 1.165) is 13.0 Å². The molecule has 0 aliphatic carbocycles. The van der Waals surface area contributed by atoms with Gasteiger partial charge in [0.2, 0.25) is 5.91 Å². The number of hydrogen-bond donors (Lipinski definition) is 1. The lowest BCUT2D eigenvalue weighted by molar-refractivity contribution is -0.116. The van der Waals surface area contributed by atoms with E-state index in [-0.39, 0.29) is 5.91 Å². The normalized spacial score (nSPS) is 11.0. The van der Waals surface area contributed by atoms with Crippen molar-refractivity contribution >= 4 is 5.91 Å². The summed E-state index contributed by atoms with van der Waals surface area (Å²) >= 11 is 0. The standard InChI is InChI=1S/C21H39NO/c1-3-5-6-7-8-9-10-11-12-13-14-15-16-17-18-19-20-22-21(23)4-2/h4,11-12H,2-3,5-10,13-20H2,1H3,(H,22,23)/b12-11+. The van der Waals surface area contributed by atoms with Crippen LogP contribution in [0.2, 0.25) is 0 Å². The average Bonchev–Trinajstić information content (AvgIpc) is 2.57. The van der Waals surface area contributed by atoms with Crippen LogP contribution in [0, 0.1) is 0 Å². The van der Waals surface area contributed by atoms with Crippen LogP contribution >= 0.6 is 0 Å². The molecule has 0 aromatic rings. The van der Waals surface area contributed by atoms with Crippen molar-refractivity contribution in [2.24, 2.45) is 0 Å². The molecule has 0 rings (SSSR count). The van der Waals surface area contributed by atoms with Crippen LogP contribution in [0.4, 0.5) is 0 Å². The Hall–Kier alpha value is -1.05. The van der Waals surface area contributed by atoms with Gasteiger partial charge in [-0.05, 0) is 38.2 Å². The van der Waals surface area contributed by atoms with E-state index < -0.39 is 0 Å². The first-order chi connectivity index (χ1) is 11.3. The van der Waals surface area contributed by atoms with E-state index in [1.165, 1.54) is 89.5 Å². The summed E-state index contributed by atoms with van der Waals surface area (Å²) in [6.45, 7) is 6.49. The van der Waals surface area contributed by atoms with Gasteiger partial charge in [0.1, 0.15) is 0 Å². The highest BCUT2D eigenvalue weighted by molar-refractivity contribution is 5.86. The van der Waals surface area contributed by atoms with E-state index >= 15 is 0 Å². The summed E-state index contributed by atoms with van der Waals surface area (Å²) in [6.07, 6.45) is 24.5. The lowest BCUT2D eigenvalue weighted by Crippen LogP contribution is -2.21. The first kappa shape index (κ1) is 21.9. The van der Waals surface area contributed by atoms with Crippen LogP contribution in [-0.2, 0) is 4.79 Å². The molecule has 0 unspecified atom stereocenters. The molecule has 0 aromatic carbocycles. The fourth-order valence-electron chi connectivity index (χ4n) is 2.66. The van der Waals surface area contributed by atoms with Crippen molar-refractivity contribution in [3.63, 3.8) is 0 Å². The summed E-state index contributed by atoms with van der Waals surface area (Å²) in [5.74, 6) is -0.0576. The van der Waals surface area contributed by atoms with Crippen molar-refractivity contribution < 1.29 is 4.79 Å². The third-order valence-corrected chi connectivity index (χ3v) is 4.17. The first-order valence-electron chi connectivity index (χ1n) is 9.86. The van der Waals surface area contributed by atoms with Crippen molar-refractivity contribution in [2.75, 3.05) is 6.54 Å². The Morgan fingerprint density at radius 2 is 1.26 bits per heavy atom. The largest absolute Gasteiger partial charge is 0.353 e. The maximum absolute atomic E-state index is 10.9. The van der Waals surface area contributed by atoms with Gasteiger partial charge in [0.15, 0.2) is 0 Å². The molecule has 0 radical (unpaired) electrons. The molecule has 0 bridgehead atoms. The zero-order chi connectivity index (χ0) is 17.0. The Morgan fingerprint density at radius 3 is 1.78 bits per heavy atom. The summed E-state index contributed by atoms with van der Waals surface area (Å²) in [5, 5.41) is 2.82. The summed E-state index contributed by atoms with van der Waals surface area (Å²) in [6, 6.07) is 0. The van der Waals surface area contributed by atoms with Gasteiger partial charge >= 0.3 is 0 Å². The van der Waals surface area contributed by atoms with Crippen molar-refractivity contribution in [1.82, 2.24) is 5.32 Å². The molecule has 23 heavy (non-hydrogen) atoms. The molecule has 0 atom stereocenters. The molecule has 0 aromatic heterocycles. The third kappa shape index (κ3) is 18.9. The number of rotatable bonds is 17. The van der Waals surface area contributed by atoms with Crippen LogP contribution in [0.25, 0.3) is 0 Å². The van der Waals surface area contributed by atoms with E-state index in [2.05, 4.69) is 31.0 Å². The highest BCUT2D eigenvalue weighted by atomic mass is 16.1. The van der Waals surface area contributed by atoms with Crippen molar-refractivity contribution in [1.29, 1.82) is 0 Å². The molecule has 0 spiro atoms. The summed E-state index contributed by atoms with van der Waals surface area (Å²) in [7, 11) is 0. The van der Waals surface area contributed by atoms with Gasteiger partial charge in [-0.1, -0.05) is 83.4 Å². The Balaban J connectivity index is 3.10. The van der Waals surface area contributed by atoms with E-state index in [4.69, 9.17) is 0 Å². The molecule has 2 heteroatoms. The number of carbonyl (C=O) groups excluding carboxylic acids is 1. The van der Waals surface area contributed by atoms with Gasteiger partial charge in [-0.25, -0.2) is 0 Å². The molecule has 0 aliphatic heterocycles. The maximum Gasteiger partial charge on any atom is 0.243 e. The Morgan fingerprint density at radius 1 is 0.783 bits per heavy atom. The van der Waals surface area contributed by atoms with Gasteiger partial charge in [0.25, 0.3) is 0 Å². The minimum Gasteiger partial charge on any atom is -0.353 e. The van der Waals surface area contributed by atoms with Gasteiger partial charge in [-0.15, -0.1) is 0 Å². The molecule has 1 N–H and O–H groups in total. The van der Waals surface area contributed by atoms with E-state index in [1.54, 1.807) is 0 Å². The van der Waals surface area contributed by atoms with E-state index in [9.17, 15) is 4.79 Å². The number of amides is 1. The minimum absolute atomic E-state index is 0.0576. The van der Waals surface area contributed by atoms with Gasteiger partial charge < -0.3 is 5.32 Å². The molecule has 2 nitrogen and oxygen atoms in total. The van der Waals surface area contributed by atoms with E-state index in [0.29, 0.717) is 0 Å². The zero-order valence-electron chi connectivity index (χ0n) is 15.5. The highest BCUT2D eigenvalue weighted by Crippen LogP contribution is 2.09. The number of unbranched alkanes of at least 4 members (excludes halogenated alkanes) is 12. The van der Waals surface area contributed by atoms with Gasteiger partial charge in [0, 0.05) is 6.54 Å². The highest BCUT2D eigenvalue weighted by Gasteiger charge is 1.94. The zero-order valence-corrected chi connectivity index (χ0v) is 15.5. The fraction of sp³-hybridized carbons (Fsp3) is 0.762. The molecular formula is C21H39NO. The quantitative estimate of drug-likeness (QED) is 0.189. The van der Waals surface area contributed by atoms with Crippen LogP contribution in [0.15, 0.2) is 24.8 Å². The lowest BCUT2D eigenvalue weighted by Gasteiger charge is -2.02. The summed E-state index contributed by atoms with van der Waals surface area (Å²) < 4.78 is 0. The predicted molar refractivity (Wildman–Crippen MR) is 103 cm³/mol. The number of carbonyl (C=O) groups is 1. The maximum atomic E-state index is 10.9. The van der Waals surface area contributed by atoms with Crippen LogP contribution in [0.3, 0.4) is 0 Å².